The van der Waals surface area contributed by atoms with E-state index in [4.69, 9.17) is 29.2 Å². The Morgan fingerprint density at radius 3 is 2.62 bits per heavy atom. The molecule has 2 heterocycles. The van der Waals surface area contributed by atoms with E-state index in [-0.39, 0.29) is 25.4 Å². The fraction of sp³-hybridized carbons (Fsp3) is 0.478. The van der Waals surface area contributed by atoms with E-state index in [0.717, 1.165) is 0 Å². The monoisotopic (exact) mass is 536 g/mol. The van der Waals surface area contributed by atoms with E-state index in [2.05, 4.69) is 20.0 Å². The van der Waals surface area contributed by atoms with E-state index in [1.54, 1.807) is 49.2 Å². The van der Waals surface area contributed by atoms with Gasteiger partial charge in [0, 0.05) is 7.11 Å². The number of fused-ring (bicyclic) bond motifs is 1. The Kier molecular flexibility index (Phi) is 10.8. The maximum Gasteiger partial charge on any atom is 0.342 e. The summed E-state index contributed by atoms with van der Waals surface area (Å²) in [5, 5.41) is 2.77. The normalized spacial score (nSPS) is 14.7. The number of anilines is 1. The molecule has 1 unspecified atom stereocenters. The number of aromatic nitrogens is 4. The molecule has 0 amide bonds. The quantitative estimate of drug-likeness (QED) is 0.156. The smallest absolute Gasteiger partial charge is 0.342 e. The highest BCUT2D eigenvalue weighted by molar-refractivity contribution is 7.57. The van der Waals surface area contributed by atoms with Gasteiger partial charge in [-0.05, 0) is 26.0 Å². The van der Waals surface area contributed by atoms with Crippen LogP contribution in [-0.2, 0) is 34.9 Å². The van der Waals surface area contributed by atoms with Crippen molar-refractivity contribution in [3.05, 3.63) is 43.0 Å². The predicted molar refractivity (Wildman–Crippen MR) is 136 cm³/mol. The van der Waals surface area contributed by atoms with Crippen LogP contribution in [0.25, 0.3) is 11.2 Å². The van der Waals surface area contributed by atoms with Gasteiger partial charge in [0.05, 0.1) is 38.8 Å². The number of hydrogen-bond acceptors (Lipinski definition) is 11. The SMILES string of the molecule is COCCOCCOC(=O)[C@H](C)NP(=O)(CO[C@H](C)Cn1cnc2c(N)ncnc21)Oc1ccccc1. The van der Waals surface area contributed by atoms with Gasteiger partial charge in [0.25, 0.3) is 0 Å². The summed E-state index contributed by atoms with van der Waals surface area (Å²) in [6, 6.07) is 7.72. The topological polar surface area (TPSA) is 162 Å². The van der Waals surface area contributed by atoms with Crippen LogP contribution in [0.15, 0.2) is 43.0 Å². The van der Waals surface area contributed by atoms with Crippen molar-refractivity contribution in [2.24, 2.45) is 0 Å². The van der Waals surface area contributed by atoms with Crippen molar-refractivity contribution < 1.29 is 32.8 Å². The molecule has 0 radical (unpaired) electrons. The highest BCUT2D eigenvalue weighted by atomic mass is 31.2. The molecule has 14 heteroatoms. The molecule has 37 heavy (non-hydrogen) atoms. The molecule has 3 N–H and O–H groups in total. The highest BCUT2D eigenvalue weighted by Gasteiger charge is 2.31. The van der Waals surface area contributed by atoms with Crippen LogP contribution in [0.3, 0.4) is 0 Å². The maximum absolute atomic E-state index is 13.7. The first-order valence-corrected chi connectivity index (χ1v) is 13.5. The molecule has 13 nitrogen and oxygen atoms in total. The summed E-state index contributed by atoms with van der Waals surface area (Å²) in [7, 11) is -2.12. The number of carbonyl (C=O) groups is 1. The summed E-state index contributed by atoms with van der Waals surface area (Å²) in [5.41, 5.74) is 6.90. The van der Waals surface area contributed by atoms with Gasteiger partial charge < -0.3 is 33.8 Å². The minimum atomic E-state index is -3.70. The Bertz CT molecular complexity index is 1180. The summed E-state index contributed by atoms with van der Waals surface area (Å²) in [6.45, 7) is 4.83. The number of esters is 1. The third-order valence-corrected chi connectivity index (χ3v) is 6.83. The summed E-state index contributed by atoms with van der Waals surface area (Å²) in [4.78, 5) is 24.8. The Morgan fingerprint density at radius 1 is 1.11 bits per heavy atom. The zero-order valence-electron chi connectivity index (χ0n) is 21.1. The van der Waals surface area contributed by atoms with Crippen LogP contribution in [0.5, 0.6) is 5.75 Å². The van der Waals surface area contributed by atoms with E-state index in [1.165, 1.54) is 6.33 Å². The highest BCUT2D eigenvalue weighted by Crippen LogP contribution is 2.44. The molecule has 202 valence electrons. The first-order chi connectivity index (χ1) is 17.8. The lowest BCUT2D eigenvalue weighted by molar-refractivity contribution is -0.146. The van der Waals surface area contributed by atoms with E-state index in [0.29, 0.717) is 36.7 Å². The van der Waals surface area contributed by atoms with Gasteiger partial charge in [-0.15, -0.1) is 0 Å². The zero-order valence-corrected chi connectivity index (χ0v) is 22.0. The second-order valence-electron chi connectivity index (χ2n) is 8.14. The summed E-state index contributed by atoms with van der Waals surface area (Å²) >= 11 is 0. The number of nitrogen functional groups attached to an aromatic ring is 1. The molecule has 3 aromatic rings. The molecule has 0 aliphatic heterocycles. The molecular weight excluding hydrogens is 503 g/mol. The average molecular weight is 537 g/mol. The number of nitrogens with two attached hydrogens (primary N) is 1. The van der Waals surface area contributed by atoms with Crippen molar-refractivity contribution in [3.8, 4) is 5.75 Å². The molecule has 0 spiro atoms. The second-order valence-corrected chi connectivity index (χ2v) is 10.2. The Morgan fingerprint density at radius 2 is 1.86 bits per heavy atom. The number of nitrogens with zero attached hydrogens (tertiary/aromatic N) is 4. The molecule has 0 aliphatic carbocycles. The van der Waals surface area contributed by atoms with Gasteiger partial charge >= 0.3 is 13.5 Å². The minimum absolute atomic E-state index is 0.0544. The lowest BCUT2D eigenvalue weighted by Gasteiger charge is -2.25. The maximum atomic E-state index is 13.7. The summed E-state index contributed by atoms with van der Waals surface area (Å²) in [6.07, 6.45) is 2.24. The van der Waals surface area contributed by atoms with Crippen LogP contribution in [-0.4, -0.2) is 77.5 Å². The van der Waals surface area contributed by atoms with Crippen molar-refractivity contribution in [1.29, 1.82) is 0 Å². The molecule has 0 fully saturated rings. The number of para-hydroxylation sites is 1. The number of carbonyl (C=O) groups excluding carboxylic acids is 1. The van der Waals surface area contributed by atoms with Gasteiger partial charge in [-0.2, -0.15) is 0 Å². The number of methoxy groups -OCH3 is 1. The number of nitrogens with one attached hydrogen (secondary N) is 1. The van der Waals surface area contributed by atoms with E-state index >= 15 is 0 Å². The molecule has 1 aromatic carbocycles. The van der Waals surface area contributed by atoms with Gasteiger partial charge in [0.2, 0.25) is 0 Å². The standard InChI is InChI=1S/C23H33N6O7P/c1-17(13-29-15-27-20-21(24)25-14-26-22(20)29)35-16-37(31,36-19-7-5-4-6-8-19)28-18(2)23(30)34-12-11-33-10-9-32-3/h4-8,14-15,17-18H,9-13,16H2,1-3H3,(H,28,31)(H2,24,25,26)/t17-,18+,37?/m1/s1. The fourth-order valence-electron chi connectivity index (χ4n) is 3.25. The molecule has 3 rings (SSSR count). The average Bonchev–Trinajstić information content (AvgIpc) is 3.29. The molecule has 0 saturated carbocycles. The van der Waals surface area contributed by atoms with Crippen molar-refractivity contribution in [2.45, 2.75) is 32.5 Å². The Labute approximate surface area is 215 Å². The van der Waals surface area contributed by atoms with E-state index < -0.39 is 25.6 Å². The fourth-order valence-corrected chi connectivity index (χ4v) is 5.04. The minimum Gasteiger partial charge on any atom is -0.462 e. The molecule has 0 aliphatic rings. The lowest BCUT2D eigenvalue weighted by atomic mass is 10.3. The first kappa shape index (κ1) is 28.5. The van der Waals surface area contributed by atoms with Gasteiger partial charge in [-0.25, -0.2) is 20.0 Å². The number of imidazole rings is 1. The predicted octanol–water partition coefficient (Wildman–Crippen LogP) is 2.23. The largest absolute Gasteiger partial charge is 0.462 e. The number of benzene rings is 1. The van der Waals surface area contributed by atoms with E-state index in [9.17, 15) is 9.36 Å². The van der Waals surface area contributed by atoms with Crippen LogP contribution >= 0.6 is 7.52 Å². The summed E-state index contributed by atoms with van der Waals surface area (Å²) in [5.74, 6) is 0.0570. The van der Waals surface area contributed by atoms with Crippen LogP contribution in [0, 0.1) is 0 Å². The lowest BCUT2D eigenvalue weighted by Crippen LogP contribution is -2.36. The Hall–Kier alpha value is -3.09. The van der Waals surface area contributed by atoms with Gasteiger partial charge in [-0.1, -0.05) is 18.2 Å². The third-order valence-electron chi connectivity index (χ3n) is 5.06. The first-order valence-electron chi connectivity index (χ1n) is 11.7. The number of hydrogen-bond donors (Lipinski definition) is 2. The molecular formula is C23H33N6O7P. The van der Waals surface area contributed by atoms with Gasteiger partial charge in [-0.3, -0.25) is 9.36 Å². The van der Waals surface area contributed by atoms with Gasteiger partial charge in [0.15, 0.2) is 11.5 Å². The van der Waals surface area contributed by atoms with Crippen LogP contribution in [0.1, 0.15) is 13.8 Å². The van der Waals surface area contributed by atoms with Crippen molar-refractivity contribution >= 4 is 30.5 Å². The van der Waals surface area contributed by atoms with Crippen LogP contribution < -0.4 is 15.3 Å². The number of rotatable bonds is 16. The zero-order chi connectivity index (χ0) is 26.7. The van der Waals surface area contributed by atoms with Crippen LogP contribution in [0.4, 0.5) is 5.82 Å². The Balaban J connectivity index is 1.60. The molecule has 0 bridgehead atoms. The summed E-state index contributed by atoms with van der Waals surface area (Å²) < 4.78 is 42.6. The molecule has 0 saturated heterocycles. The van der Waals surface area contributed by atoms with Crippen molar-refractivity contribution in [3.63, 3.8) is 0 Å². The van der Waals surface area contributed by atoms with E-state index in [1.807, 2.05) is 13.0 Å². The second kappa shape index (κ2) is 14.0. The molecule has 2 aromatic heterocycles. The van der Waals surface area contributed by atoms with Gasteiger partial charge in [0.1, 0.15) is 36.6 Å². The van der Waals surface area contributed by atoms with Crippen molar-refractivity contribution in [1.82, 2.24) is 24.6 Å². The third kappa shape index (κ3) is 8.76. The van der Waals surface area contributed by atoms with Crippen LogP contribution in [0.2, 0.25) is 0 Å². The molecule has 3 atom stereocenters. The van der Waals surface area contributed by atoms with Crippen molar-refractivity contribution in [2.75, 3.05) is 45.6 Å². The number of ether oxygens (including phenoxy) is 4.